The summed E-state index contributed by atoms with van der Waals surface area (Å²) in [5.74, 6) is -0.972. The fourth-order valence-corrected chi connectivity index (χ4v) is 4.03. The minimum atomic E-state index is -0.773. The van der Waals surface area contributed by atoms with E-state index in [-0.39, 0.29) is 43.6 Å². The number of halogens is 3. The van der Waals surface area contributed by atoms with Gasteiger partial charge in [0.15, 0.2) is 0 Å². The van der Waals surface area contributed by atoms with Crippen LogP contribution in [0.1, 0.15) is 25.1 Å². The zero-order valence-corrected chi connectivity index (χ0v) is 20.6. The minimum Gasteiger partial charge on any atom is -0.447 e. The number of carbonyl (C=O) groups is 2. The molecule has 0 spiro atoms. The van der Waals surface area contributed by atoms with Crippen LogP contribution >= 0.6 is 11.6 Å². The highest BCUT2D eigenvalue weighted by Crippen LogP contribution is 2.22. The van der Waals surface area contributed by atoms with Crippen molar-refractivity contribution in [1.29, 1.82) is 0 Å². The number of pyridine rings is 1. The first-order chi connectivity index (χ1) is 17.8. The molecule has 38 heavy (non-hydrogen) atoms. The van der Waals surface area contributed by atoms with Crippen LogP contribution in [-0.2, 0) is 22.4 Å². The minimum absolute atomic E-state index is 0. The van der Waals surface area contributed by atoms with E-state index in [0.29, 0.717) is 17.4 Å². The lowest BCUT2D eigenvalue weighted by Gasteiger charge is -2.28. The number of rotatable bonds is 9. The van der Waals surface area contributed by atoms with Crippen LogP contribution in [-0.4, -0.2) is 51.5 Å². The van der Waals surface area contributed by atoms with Crippen molar-refractivity contribution < 1.29 is 23.1 Å². The van der Waals surface area contributed by atoms with Gasteiger partial charge in [-0.1, -0.05) is 31.2 Å². The number of hydrogen-bond donors (Lipinski definition) is 2. The van der Waals surface area contributed by atoms with Gasteiger partial charge in [-0.2, -0.15) is 0 Å². The van der Waals surface area contributed by atoms with Gasteiger partial charge in [-0.25, -0.2) is 23.5 Å². The van der Waals surface area contributed by atoms with Gasteiger partial charge >= 0.3 is 6.09 Å². The third-order valence-electron chi connectivity index (χ3n) is 5.91. The van der Waals surface area contributed by atoms with E-state index in [9.17, 15) is 18.4 Å². The van der Waals surface area contributed by atoms with E-state index >= 15 is 0 Å². The number of likely N-dealkylation sites (N-methyl/N-ethyl adjacent to an activating group) is 1. The maximum absolute atomic E-state index is 13.7. The molecule has 11 heteroatoms. The first kappa shape index (κ1) is 28.5. The Morgan fingerprint density at radius 2 is 1.97 bits per heavy atom. The van der Waals surface area contributed by atoms with E-state index < -0.39 is 23.8 Å². The van der Waals surface area contributed by atoms with Gasteiger partial charge in [-0.05, 0) is 47.7 Å². The molecular weight excluding hydrogens is 516 g/mol. The molecule has 4 rings (SSSR count). The van der Waals surface area contributed by atoms with Gasteiger partial charge in [0.1, 0.15) is 24.1 Å². The maximum Gasteiger partial charge on any atom is 0.412 e. The van der Waals surface area contributed by atoms with E-state index in [1.807, 2.05) is 0 Å². The van der Waals surface area contributed by atoms with Crippen LogP contribution in [0.2, 0.25) is 5.02 Å². The van der Waals surface area contributed by atoms with Crippen molar-refractivity contribution in [3.63, 3.8) is 0 Å². The number of nitrogens with one attached hydrogen (secondary N) is 2. The van der Waals surface area contributed by atoms with E-state index in [0.717, 1.165) is 11.1 Å². The van der Waals surface area contributed by atoms with Crippen LogP contribution in [0.5, 0.6) is 0 Å². The normalized spacial score (nSPS) is 11.5. The summed E-state index contributed by atoms with van der Waals surface area (Å²) in [7, 11) is 1.61. The molecular formula is C27H28ClF2N5O3. The number of benzene rings is 2. The van der Waals surface area contributed by atoms with Crippen molar-refractivity contribution in [3.05, 3.63) is 89.1 Å². The lowest BCUT2D eigenvalue weighted by Crippen LogP contribution is -2.42. The monoisotopic (exact) mass is 543 g/mol. The van der Waals surface area contributed by atoms with Gasteiger partial charge < -0.3 is 14.6 Å². The number of amides is 2. The van der Waals surface area contributed by atoms with Crippen LogP contribution in [0.25, 0.3) is 10.8 Å². The molecule has 0 unspecified atom stereocenters. The quantitative estimate of drug-likeness (QED) is 0.279. The van der Waals surface area contributed by atoms with Crippen LogP contribution < -0.4 is 5.32 Å². The van der Waals surface area contributed by atoms with E-state index in [1.165, 1.54) is 41.7 Å². The summed E-state index contributed by atoms with van der Waals surface area (Å²) in [5.41, 5.74) is 1.28. The van der Waals surface area contributed by atoms with E-state index in [2.05, 4.69) is 20.3 Å². The van der Waals surface area contributed by atoms with Gasteiger partial charge in [0.25, 0.3) is 0 Å². The molecule has 4 aromatic rings. The number of aryl methyl sites for hydroxylation is 1. The van der Waals surface area contributed by atoms with Crippen LogP contribution in [0.15, 0.2) is 61.2 Å². The number of anilines is 1. The second kappa shape index (κ2) is 13.0. The topological polar surface area (TPSA) is 100 Å². The van der Waals surface area contributed by atoms with Crippen molar-refractivity contribution >= 4 is 40.2 Å². The smallest absolute Gasteiger partial charge is 0.412 e. The van der Waals surface area contributed by atoms with Gasteiger partial charge in [0.05, 0.1) is 17.4 Å². The Balaban J connectivity index is 0.00000400. The molecule has 8 nitrogen and oxygen atoms in total. The third kappa shape index (κ3) is 7.25. The highest BCUT2D eigenvalue weighted by Gasteiger charge is 2.23. The molecule has 0 aliphatic rings. The summed E-state index contributed by atoms with van der Waals surface area (Å²) in [5, 5.41) is 3.82. The standard InChI is InChI=1S/C26H24ClF2N5O3.CH4/c1-34(24(35)8-6-16-3-2-4-22(29)25(16)27)21(11-20-13-30-15-32-20)14-37-26(36)33-23-10-18-9-19(28)7-5-17(18)12-31-23;/h2-5,7,9-10,12-13,15,21H,6,8,11,14H2,1H3,(H,30,32)(H,31,33,36);1H4/t21-;/m0./s1. The average Bonchev–Trinajstić information content (AvgIpc) is 3.40. The third-order valence-corrected chi connectivity index (χ3v) is 6.34. The second-order valence-electron chi connectivity index (χ2n) is 8.44. The number of nitrogens with zero attached hydrogens (tertiary/aromatic N) is 3. The van der Waals surface area contributed by atoms with E-state index in [4.69, 9.17) is 16.3 Å². The number of aromatic amines is 1. The van der Waals surface area contributed by atoms with Crippen molar-refractivity contribution in [2.45, 2.75) is 32.7 Å². The SMILES string of the molecule is C.CN(C(=O)CCc1cccc(F)c1Cl)[C@H](COC(=O)Nc1cc2cc(F)ccc2cn1)Cc1cnc[nH]1. The number of H-pyrrole nitrogens is 1. The van der Waals surface area contributed by atoms with Crippen molar-refractivity contribution in [2.24, 2.45) is 0 Å². The van der Waals surface area contributed by atoms with Crippen LogP contribution in [0, 0.1) is 11.6 Å². The summed E-state index contributed by atoms with van der Waals surface area (Å²) >= 11 is 6.01. The Morgan fingerprint density at radius 1 is 1.16 bits per heavy atom. The summed E-state index contributed by atoms with van der Waals surface area (Å²) in [6, 6.07) is 9.75. The molecule has 0 bridgehead atoms. The van der Waals surface area contributed by atoms with Gasteiger partial charge in [0, 0.05) is 43.4 Å². The summed E-state index contributed by atoms with van der Waals surface area (Å²) in [4.78, 5) is 38.0. The van der Waals surface area contributed by atoms with Crippen LogP contribution in [0.4, 0.5) is 19.4 Å². The van der Waals surface area contributed by atoms with E-state index in [1.54, 1.807) is 31.4 Å². The second-order valence-corrected chi connectivity index (χ2v) is 8.81. The zero-order valence-electron chi connectivity index (χ0n) is 19.9. The Hall–Kier alpha value is -4.05. The number of imidazole rings is 1. The molecule has 0 saturated heterocycles. The first-order valence-electron chi connectivity index (χ1n) is 11.4. The molecule has 0 fully saturated rings. The molecule has 2 heterocycles. The fourth-order valence-electron chi connectivity index (χ4n) is 3.81. The lowest BCUT2D eigenvalue weighted by atomic mass is 10.1. The molecule has 0 aliphatic carbocycles. The molecule has 2 amide bonds. The number of ether oxygens (including phenoxy) is 1. The number of aromatic nitrogens is 3. The highest BCUT2D eigenvalue weighted by molar-refractivity contribution is 6.31. The largest absolute Gasteiger partial charge is 0.447 e. The van der Waals surface area contributed by atoms with Crippen LogP contribution in [0.3, 0.4) is 0 Å². The number of carbonyl (C=O) groups excluding carboxylic acids is 2. The highest BCUT2D eigenvalue weighted by atomic mass is 35.5. The molecule has 2 aromatic carbocycles. The maximum atomic E-state index is 13.7. The Morgan fingerprint density at radius 3 is 2.74 bits per heavy atom. The molecule has 0 saturated carbocycles. The molecule has 200 valence electrons. The number of fused-ring (bicyclic) bond motifs is 1. The Kier molecular flexibility index (Phi) is 9.72. The molecule has 2 aromatic heterocycles. The van der Waals surface area contributed by atoms with Gasteiger partial charge in [-0.3, -0.25) is 10.1 Å². The fraction of sp³-hybridized carbons (Fsp3) is 0.259. The lowest BCUT2D eigenvalue weighted by molar-refractivity contribution is -0.132. The van der Waals surface area contributed by atoms with Gasteiger partial charge in [-0.15, -0.1) is 0 Å². The van der Waals surface area contributed by atoms with Crippen molar-refractivity contribution in [2.75, 3.05) is 19.0 Å². The molecule has 1 atom stereocenters. The Bertz CT molecular complexity index is 1400. The molecule has 0 aliphatic heterocycles. The van der Waals surface area contributed by atoms with Crippen molar-refractivity contribution in [3.8, 4) is 0 Å². The summed E-state index contributed by atoms with van der Waals surface area (Å²) < 4.78 is 32.6. The Labute approximate surface area is 224 Å². The summed E-state index contributed by atoms with van der Waals surface area (Å²) in [6.45, 7) is -0.115. The summed E-state index contributed by atoms with van der Waals surface area (Å²) in [6.07, 6.45) is 4.57. The predicted molar refractivity (Wildman–Crippen MR) is 142 cm³/mol. The number of hydrogen-bond acceptors (Lipinski definition) is 5. The molecule has 0 radical (unpaired) electrons. The zero-order chi connectivity index (χ0) is 26.4. The average molecular weight is 544 g/mol. The van der Waals surface area contributed by atoms with Crippen molar-refractivity contribution in [1.82, 2.24) is 19.9 Å². The predicted octanol–water partition coefficient (Wildman–Crippen LogP) is 5.78. The van der Waals surface area contributed by atoms with Gasteiger partial charge in [0.2, 0.25) is 5.91 Å². The first-order valence-corrected chi connectivity index (χ1v) is 11.8. The molecule has 2 N–H and O–H groups in total.